The molecule has 2 bridgehead atoms. The summed E-state index contributed by atoms with van der Waals surface area (Å²) in [7, 11) is 1.50. The SMILES string of the molecule is CCOC(=O)CN1CCN(/C(=N\[C@H]2C[C@@H]3C[C@H]([C@@H]2C)C3(C)C)Nc2ccc3c(=O)n(CCc4ccc(OC)cc4F)cnc3c2)CC1. The summed E-state index contributed by atoms with van der Waals surface area (Å²) < 4.78 is 26.3. The number of piperazine rings is 1. The quantitative estimate of drug-likeness (QED) is 0.201. The van der Waals surface area contributed by atoms with Gasteiger partial charge in [-0.3, -0.25) is 19.1 Å². The molecule has 252 valence electrons. The molecule has 0 amide bonds. The minimum atomic E-state index is -0.358. The van der Waals surface area contributed by atoms with Crippen molar-refractivity contribution < 1.29 is 18.7 Å². The number of benzene rings is 2. The molecule has 7 rings (SSSR count). The van der Waals surface area contributed by atoms with Gasteiger partial charge in [0.15, 0.2) is 5.96 Å². The first-order valence-corrected chi connectivity index (χ1v) is 16.9. The van der Waals surface area contributed by atoms with E-state index in [1.54, 1.807) is 18.2 Å². The molecule has 3 saturated carbocycles. The van der Waals surface area contributed by atoms with Crippen LogP contribution < -0.4 is 15.6 Å². The Morgan fingerprint density at radius 3 is 2.60 bits per heavy atom. The molecule has 1 N–H and O–H groups in total. The third-order valence-electron chi connectivity index (χ3n) is 10.9. The number of hydrogen-bond acceptors (Lipinski definition) is 7. The van der Waals surface area contributed by atoms with Crippen molar-refractivity contribution in [2.45, 2.75) is 59.5 Å². The van der Waals surface area contributed by atoms with Gasteiger partial charge in [-0.2, -0.15) is 0 Å². The summed E-state index contributed by atoms with van der Waals surface area (Å²) >= 11 is 0. The minimum Gasteiger partial charge on any atom is -0.497 e. The smallest absolute Gasteiger partial charge is 0.320 e. The van der Waals surface area contributed by atoms with Gasteiger partial charge in [-0.25, -0.2) is 14.4 Å². The number of nitrogens with zero attached hydrogens (tertiary/aromatic N) is 5. The number of fused-ring (bicyclic) bond motifs is 3. The zero-order valence-corrected chi connectivity index (χ0v) is 28.2. The average molecular weight is 647 g/mol. The van der Waals surface area contributed by atoms with E-state index in [1.807, 2.05) is 19.1 Å². The zero-order chi connectivity index (χ0) is 33.3. The van der Waals surface area contributed by atoms with Crippen LogP contribution in [0.5, 0.6) is 5.75 Å². The molecule has 0 unspecified atom stereocenters. The average Bonchev–Trinajstić information content (AvgIpc) is 3.05. The van der Waals surface area contributed by atoms with Crippen LogP contribution in [0.15, 0.2) is 52.5 Å². The van der Waals surface area contributed by atoms with E-state index in [-0.39, 0.29) is 23.4 Å². The highest BCUT2D eigenvalue weighted by Gasteiger charge is 2.56. The Morgan fingerprint density at radius 2 is 1.91 bits per heavy atom. The van der Waals surface area contributed by atoms with Gasteiger partial charge in [-0.1, -0.05) is 26.8 Å². The predicted octanol–water partition coefficient (Wildman–Crippen LogP) is 4.81. The van der Waals surface area contributed by atoms with Crippen molar-refractivity contribution in [1.82, 2.24) is 19.4 Å². The molecule has 0 radical (unpaired) electrons. The number of aliphatic imine (C=N–C) groups is 1. The second-order valence-electron chi connectivity index (χ2n) is 13.9. The van der Waals surface area contributed by atoms with E-state index in [0.29, 0.717) is 71.5 Å². The maximum atomic E-state index is 14.5. The van der Waals surface area contributed by atoms with E-state index in [0.717, 1.165) is 44.2 Å². The molecule has 4 atom stereocenters. The number of hydrogen-bond donors (Lipinski definition) is 1. The van der Waals surface area contributed by atoms with Gasteiger partial charge in [0.2, 0.25) is 0 Å². The lowest BCUT2D eigenvalue weighted by Crippen LogP contribution is -2.57. The number of methoxy groups -OCH3 is 1. The molecular weight excluding hydrogens is 599 g/mol. The first-order chi connectivity index (χ1) is 22.6. The summed E-state index contributed by atoms with van der Waals surface area (Å²) in [6, 6.07) is 10.6. The molecule has 10 nitrogen and oxygen atoms in total. The number of halogens is 1. The fourth-order valence-corrected chi connectivity index (χ4v) is 7.77. The van der Waals surface area contributed by atoms with Crippen LogP contribution in [0.2, 0.25) is 0 Å². The summed E-state index contributed by atoms with van der Waals surface area (Å²) in [4.78, 5) is 39.8. The number of aryl methyl sites for hydroxylation is 2. The van der Waals surface area contributed by atoms with Gasteiger partial charge in [-0.15, -0.1) is 0 Å². The monoisotopic (exact) mass is 646 g/mol. The third-order valence-corrected chi connectivity index (χ3v) is 10.9. The predicted molar refractivity (Wildman–Crippen MR) is 181 cm³/mol. The van der Waals surface area contributed by atoms with Gasteiger partial charge >= 0.3 is 5.97 Å². The van der Waals surface area contributed by atoms with Crippen LogP contribution >= 0.6 is 0 Å². The molecular formula is C36H47FN6O4. The number of guanidine groups is 1. The molecule has 3 aliphatic carbocycles. The van der Waals surface area contributed by atoms with E-state index < -0.39 is 0 Å². The van der Waals surface area contributed by atoms with Crippen molar-refractivity contribution in [3.8, 4) is 5.75 Å². The lowest BCUT2D eigenvalue weighted by molar-refractivity contribution is -0.144. The molecule has 3 aromatic rings. The Morgan fingerprint density at radius 1 is 1.13 bits per heavy atom. The summed E-state index contributed by atoms with van der Waals surface area (Å²) in [5.74, 6) is 2.58. The standard InChI is InChI=1S/C36H47FN6O4/c1-6-47-33(44)21-41-13-15-42(16-14-41)35(40-31-18-25-17-29(23(31)2)36(25,3)4)39-26-8-10-28-32(19-26)38-22-43(34(28)45)12-11-24-7-9-27(46-5)20-30(24)37/h7-10,19-20,22-23,25,29,31H,6,11-18,21H2,1-5H3,(H,39,40)/t23-,25-,29+,31-/m0/s1. The van der Waals surface area contributed by atoms with E-state index in [2.05, 4.69) is 40.9 Å². The van der Waals surface area contributed by atoms with Crippen molar-refractivity contribution in [2.75, 3.05) is 51.8 Å². The molecule has 1 saturated heterocycles. The normalized spacial score (nSPS) is 24.1. The van der Waals surface area contributed by atoms with E-state index in [1.165, 1.54) is 30.5 Å². The number of anilines is 1. The van der Waals surface area contributed by atoms with Gasteiger partial charge in [-0.05, 0) is 79.2 Å². The van der Waals surface area contributed by atoms with Crippen LogP contribution in [0, 0.1) is 29.0 Å². The lowest BCUT2D eigenvalue weighted by Gasteiger charge is -2.61. The van der Waals surface area contributed by atoms with Crippen LogP contribution in [-0.4, -0.2) is 83.8 Å². The number of esters is 1. The maximum absolute atomic E-state index is 14.5. The largest absolute Gasteiger partial charge is 0.497 e. The number of carbonyl (C=O) groups is 1. The number of carbonyl (C=O) groups excluding carboxylic acids is 1. The van der Waals surface area contributed by atoms with E-state index in [9.17, 15) is 14.0 Å². The molecule has 2 heterocycles. The second kappa shape index (κ2) is 13.6. The van der Waals surface area contributed by atoms with Crippen LogP contribution in [-0.2, 0) is 22.5 Å². The van der Waals surface area contributed by atoms with Crippen LogP contribution in [0.3, 0.4) is 0 Å². The van der Waals surface area contributed by atoms with Gasteiger partial charge < -0.3 is 19.7 Å². The minimum absolute atomic E-state index is 0.167. The maximum Gasteiger partial charge on any atom is 0.320 e. The van der Waals surface area contributed by atoms with Crippen LogP contribution in [0.25, 0.3) is 10.9 Å². The first kappa shape index (κ1) is 32.9. The van der Waals surface area contributed by atoms with Gasteiger partial charge in [0, 0.05) is 44.5 Å². The lowest BCUT2D eigenvalue weighted by atomic mass is 9.45. The highest BCUT2D eigenvalue weighted by Crippen LogP contribution is 2.61. The number of rotatable bonds is 9. The summed E-state index contributed by atoms with van der Waals surface area (Å²) in [5.41, 5.74) is 2.11. The molecule has 2 aromatic carbocycles. The number of aromatic nitrogens is 2. The van der Waals surface area contributed by atoms with Crippen molar-refractivity contribution in [3.63, 3.8) is 0 Å². The zero-order valence-electron chi connectivity index (χ0n) is 28.2. The molecule has 4 aliphatic rings. The van der Waals surface area contributed by atoms with Crippen molar-refractivity contribution >= 4 is 28.5 Å². The molecule has 1 aliphatic heterocycles. The fourth-order valence-electron chi connectivity index (χ4n) is 7.77. The number of ether oxygens (including phenoxy) is 2. The Balaban J connectivity index is 1.20. The highest BCUT2D eigenvalue weighted by atomic mass is 19.1. The molecule has 0 spiro atoms. The highest BCUT2D eigenvalue weighted by molar-refractivity contribution is 5.96. The Labute approximate surface area is 276 Å². The Kier molecular flexibility index (Phi) is 9.55. The van der Waals surface area contributed by atoms with Gasteiger partial charge in [0.25, 0.3) is 5.56 Å². The van der Waals surface area contributed by atoms with Gasteiger partial charge in [0.1, 0.15) is 11.6 Å². The Bertz CT molecular complexity index is 1700. The number of nitrogens with one attached hydrogen (secondary N) is 1. The van der Waals surface area contributed by atoms with Crippen molar-refractivity contribution in [1.29, 1.82) is 0 Å². The van der Waals surface area contributed by atoms with Gasteiger partial charge in [0.05, 0.1) is 43.5 Å². The molecule has 47 heavy (non-hydrogen) atoms. The van der Waals surface area contributed by atoms with Crippen LogP contribution in [0.4, 0.5) is 10.1 Å². The second-order valence-corrected chi connectivity index (χ2v) is 13.9. The van der Waals surface area contributed by atoms with E-state index >= 15 is 0 Å². The fraction of sp³-hybridized carbons (Fsp3) is 0.556. The van der Waals surface area contributed by atoms with Crippen LogP contribution in [0.1, 0.15) is 46.1 Å². The summed E-state index contributed by atoms with van der Waals surface area (Å²) in [6.45, 7) is 12.9. The van der Waals surface area contributed by atoms with Crippen molar-refractivity contribution in [2.24, 2.45) is 28.2 Å². The molecule has 11 heteroatoms. The first-order valence-electron chi connectivity index (χ1n) is 16.9. The molecule has 1 aromatic heterocycles. The summed E-state index contributed by atoms with van der Waals surface area (Å²) in [5, 5.41) is 4.10. The Hall–Kier alpha value is -3.99. The third kappa shape index (κ3) is 6.86. The summed E-state index contributed by atoms with van der Waals surface area (Å²) in [6.07, 6.45) is 4.26. The topological polar surface area (TPSA) is 101 Å². The van der Waals surface area contributed by atoms with E-state index in [4.69, 9.17) is 14.5 Å². The molecule has 4 fully saturated rings. The van der Waals surface area contributed by atoms with Crippen molar-refractivity contribution in [3.05, 3.63) is 64.5 Å².